The highest BCUT2D eigenvalue weighted by atomic mass is 127. The molecule has 0 aliphatic carbocycles. The number of carbonyl (C=O) groups is 1. The van der Waals surface area contributed by atoms with E-state index in [0.717, 1.165) is 12.8 Å². The van der Waals surface area contributed by atoms with Gasteiger partial charge in [0, 0.05) is 0 Å². The largest absolute Gasteiger partial charge is 0.469 e. The fourth-order valence-corrected chi connectivity index (χ4v) is 9.03. The van der Waals surface area contributed by atoms with Crippen molar-refractivity contribution in [2.24, 2.45) is 0 Å². The number of fused-ring (bicyclic) bond motifs is 1. The molecule has 2 saturated heterocycles. The number of hydrogen-bond donors (Lipinski definition) is 0. The van der Waals surface area contributed by atoms with Crippen molar-refractivity contribution in [2.75, 3.05) is 7.11 Å². The van der Waals surface area contributed by atoms with Crippen molar-refractivity contribution in [3.05, 3.63) is 10.2 Å². The van der Waals surface area contributed by atoms with E-state index in [1.807, 2.05) is 4.08 Å². The monoisotopic (exact) mass is 770 g/mol. The summed E-state index contributed by atoms with van der Waals surface area (Å²) in [5.41, 5.74) is 0. The maximum atomic E-state index is 12.3. The molecule has 0 radical (unpaired) electrons. The summed E-state index contributed by atoms with van der Waals surface area (Å²) in [6.07, 6.45) is 1.61. The van der Waals surface area contributed by atoms with Gasteiger partial charge in [0.1, 0.15) is 24.4 Å². The summed E-state index contributed by atoms with van der Waals surface area (Å²) in [4.78, 5) is 12.3. The van der Waals surface area contributed by atoms with E-state index < -0.39 is 31.1 Å². The fraction of sp³-hybridized carbons (Fsp3) is 0.906. The Kier molecular flexibility index (Phi) is 13.1. The van der Waals surface area contributed by atoms with E-state index in [4.69, 9.17) is 27.5 Å². The highest BCUT2D eigenvalue weighted by Crippen LogP contribution is 2.47. The van der Waals surface area contributed by atoms with Gasteiger partial charge in [-0.15, -0.1) is 0 Å². The minimum absolute atomic E-state index is 0.0168. The van der Waals surface area contributed by atoms with E-state index in [0.29, 0.717) is 0 Å². The molecule has 2 aliphatic heterocycles. The van der Waals surface area contributed by atoms with E-state index in [-0.39, 0.29) is 64.1 Å². The van der Waals surface area contributed by atoms with Crippen LogP contribution in [0.1, 0.15) is 81.6 Å². The lowest BCUT2D eigenvalue weighted by atomic mass is 9.87. The second-order valence-corrected chi connectivity index (χ2v) is 32.1. The number of carbonyl (C=O) groups excluding carboxylic acids is 1. The Balaban J connectivity index is 2.73. The number of rotatable bonds is 10. The van der Waals surface area contributed by atoms with Crippen molar-refractivity contribution in [2.45, 2.75) is 179 Å². The lowest BCUT2D eigenvalue weighted by molar-refractivity contribution is -0.266. The van der Waals surface area contributed by atoms with Gasteiger partial charge in [-0.05, 0) is 77.4 Å². The third-order valence-electron chi connectivity index (χ3n) is 10.7. The summed E-state index contributed by atoms with van der Waals surface area (Å²) in [5.74, 6) is -0.260. The van der Waals surface area contributed by atoms with Gasteiger partial charge in [-0.1, -0.05) is 84.9 Å². The molecule has 0 aromatic heterocycles. The SMILES string of the molecule is COC(=O)CC1CCC2OC(C(/C=C/I)O[Si](C)(C)C(C)(C)C)[C@@H](O[Si](C)(C)C(C)(C)C)C(O[Si](C)(C)C(C)(C)C)[C@H]2O1. The molecule has 0 aromatic carbocycles. The van der Waals surface area contributed by atoms with E-state index in [1.165, 1.54) is 7.11 Å². The molecule has 2 heterocycles. The molecule has 0 bridgehead atoms. The molecule has 2 aliphatic rings. The number of esters is 1. The Morgan fingerprint density at radius 2 is 1.30 bits per heavy atom. The summed E-state index contributed by atoms with van der Waals surface area (Å²) >= 11 is 2.29. The Morgan fingerprint density at radius 3 is 1.74 bits per heavy atom. The third-order valence-corrected chi connectivity index (χ3v) is 24.5. The van der Waals surface area contributed by atoms with Crippen LogP contribution in [0.2, 0.25) is 54.4 Å². The smallest absolute Gasteiger partial charge is 0.308 e. The lowest BCUT2D eigenvalue weighted by Crippen LogP contribution is -2.69. The number of halogens is 1. The van der Waals surface area contributed by atoms with Crippen molar-refractivity contribution in [3.8, 4) is 0 Å². The number of ether oxygens (including phenoxy) is 3. The quantitative estimate of drug-likeness (QED) is 0.125. The molecule has 7 nitrogen and oxygen atoms in total. The van der Waals surface area contributed by atoms with Crippen LogP contribution in [0.3, 0.4) is 0 Å². The Labute approximate surface area is 280 Å². The average molecular weight is 771 g/mol. The minimum Gasteiger partial charge on any atom is -0.469 e. The van der Waals surface area contributed by atoms with Gasteiger partial charge in [0.15, 0.2) is 25.0 Å². The van der Waals surface area contributed by atoms with Gasteiger partial charge in [-0.2, -0.15) is 0 Å². The first kappa shape index (κ1) is 39.6. The van der Waals surface area contributed by atoms with Gasteiger partial charge in [-0.3, -0.25) is 4.79 Å². The first-order valence-electron chi connectivity index (χ1n) is 16.0. The Hall–Kier alpha value is 0.391. The van der Waals surface area contributed by atoms with Gasteiger partial charge in [0.25, 0.3) is 0 Å². The van der Waals surface area contributed by atoms with Crippen LogP contribution in [0.25, 0.3) is 0 Å². The van der Waals surface area contributed by atoms with Crippen LogP contribution in [0.4, 0.5) is 0 Å². The molecular weight excluding hydrogens is 708 g/mol. The maximum Gasteiger partial charge on any atom is 0.308 e. The van der Waals surface area contributed by atoms with E-state index in [1.54, 1.807) is 0 Å². The van der Waals surface area contributed by atoms with Crippen molar-refractivity contribution < 1.29 is 32.3 Å². The number of hydrogen-bond acceptors (Lipinski definition) is 7. The van der Waals surface area contributed by atoms with E-state index >= 15 is 0 Å². The van der Waals surface area contributed by atoms with Crippen LogP contribution in [-0.4, -0.2) is 80.8 Å². The molecule has 0 saturated carbocycles. The first-order chi connectivity index (χ1) is 19.3. The zero-order valence-electron chi connectivity index (χ0n) is 30.1. The Morgan fingerprint density at radius 1 is 0.814 bits per heavy atom. The van der Waals surface area contributed by atoms with Crippen molar-refractivity contribution in [3.63, 3.8) is 0 Å². The topological polar surface area (TPSA) is 72.5 Å². The van der Waals surface area contributed by atoms with Crippen LogP contribution < -0.4 is 0 Å². The molecule has 43 heavy (non-hydrogen) atoms. The zero-order valence-corrected chi connectivity index (χ0v) is 35.2. The van der Waals surface area contributed by atoms with Gasteiger partial charge in [0.05, 0.1) is 31.8 Å². The summed E-state index contributed by atoms with van der Waals surface area (Å²) < 4.78 is 42.8. The normalized spacial score (nSPS) is 29.0. The standard InChI is InChI=1S/C32H63IO7Si3/c1-30(2,3)41(11,12)38-24(19-20-33)27-29(40-43(15,16)32(7,8)9)28(39-42(13,14)31(4,5)6)26-23(37-27)18-17-22(36-26)21-25(34)35-10/h19-20,22-24,26-29H,17-18,21H2,1-16H3/b20-19+/t22?,23?,24?,26-,27?,28?,29+/m0/s1. The summed E-state index contributed by atoms with van der Waals surface area (Å²) in [6, 6.07) is 0. The first-order valence-corrected chi connectivity index (χ1v) is 25.9. The summed E-state index contributed by atoms with van der Waals surface area (Å²) in [7, 11) is -5.36. The molecule has 0 amide bonds. The molecule has 5 unspecified atom stereocenters. The van der Waals surface area contributed by atoms with Crippen LogP contribution >= 0.6 is 22.6 Å². The van der Waals surface area contributed by atoms with Crippen LogP contribution in [0, 0.1) is 0 Å². The van der Waals surface area contributed by atoms with Crippen molar-refractivity contribution >= 4 is 53.5 Å². The van der Waals surface area contributed by atoms with Crippen molar-refractivity contribution in [1.82, 2.24) is 0 Å². The van der Waals surface area contributed by atoms with Crippen LogP contribution in [0.15, 0.2) is 10.2 Å². The van der Waals surface area contributed by atoms with Crippen LogP contribution in [0.5, 0.6) is 0 Å². The molecule has 0 spiro atoms. The third kappa shape index (κ3) is 9.71. The van der Waals surface area contributed by atoms with E-state index in [9.17, 15) is 4.79 Å². The average Bonchev–Trinajstić information content (AvgIpc) is 2.82. The van der Waals surface area contributed by atoms with Gasteiger partial charge in [-0.25, -0.2) is 0 Å². The molecule has 2 fully saturated rings. The fourth-order valence-electron chi connectivity index (χ4n) is 4.77. The van der Waals surface area contributed by atoms with E-state index in [2.05, 4.69) is 130 Å². The van der Waals surface area contributed by atoms with Crippen molar-refractivity contribution in [1.29, 1.82) is 0 Å². The second-order valence-electron chi connectivity index (χ2n) is 17.1. The second kappa shape index (κ2) is 14.2. The molecule has 7 atom stereocenters. The molecule has 11 heteroatoms. The highest BCUT2D eigenvalue weighted by molar-refractivity contribution is 14.1. The van der Waals surface area contributed by atoms with Gasteiger partial charge in [0.2, 0.25) is 0 Å². The number of methoxy groups -OCH3 is 1. The summed E-state index contributed by atoms with van der Waals surface area (Å²) in [6.45, 7) is 34.1. The summed E-state index contributed by atoms with van der Waals surface area (Å²) in [5, 5.41) is -0.00778. The van der Waals surface area contributed by atoms with Gasteiger partial charge >= 0.3 is 5.97 Å². The maximum absolute atomic E-state index is 12.3. The predicted octanol–water partition coefficient (Wildman–Crippen LogP) is 8.98. The molecule has 0 N–H and O–H groups in total. The lowest BCUT2D eigenvalue weighted by Gasteiger charge is -2.56. The van der Waals surface area contributed by atoms with Crippen LogP contribution in [-0.2, 0) is 32.3 Å². The molecule has 2 rings (SSSR count). The molecule has 252 valence electrons. The highest BCUT2D eigenvalue weighted by Gasteiger charge is 2.57. The molecular formula is C32H63IO7Si3. The zero-order chi connectivity index (χ0) is 33.4. The minimum atomic E-state index is -2.31. The Bertz CT molecular complexity index is 965. The van der Waals surface area contributed by atoms with Gasteiger partial charge < -0.3 is 27.5 Å². The predicted molar refractivity (Wildman–Crippen MR) is 193 cm³/mol. The molecule has 0 aromatic rings.